The molecule has 2 N–H and O–H groups in total. The predicted octanol–water partition coefficient (Wildman–Crippen LogP) is 2.61. The minimum Gasteiger partial charge on any atom is -0.376 e. The summed E-state index contributed by atoms with van der Waals surface area (Å²) in [7, 11) is 0. The average molecular weight is 351 g/mol. The molecular formula is C18H33N5O2. The molecule has 2 rings (SSSR count). The van der Waals surface area contributed by atoms with Crippen LogP contribution in [0.2, 0.25) is 0 Å². The highest BCUT2D eigenvalue weighted by molar-refractivity contribution is 5.79. The average Bonchev–Trinajstić information content (AvgIpc) is 2.85. The van der Waals surface area contributed by atoms with Crippen molar-refractivity contribution in [3.8, 4) is 0 Å². The standard InChI is InChI=1S/C18H33N5O2/c1-3-19-18(20-12-8-11-17-22-15(2)23-25-17)21-13-14-24-16-9-6-4-5-7-10-16/h16H,3-14H2,1-2H3,(H2,19,20,21). The molecule has 1 heterocycles. The smallest absolute Gasteiger partial charge is 0.226 e. The van der Waals surface area contributed by atoms with Crippen molar-refractivity contribution in [2.75, 3.05) is 26.2 Å². The van der Waals surface area contributed by atoms with Gasteiger partial charge in [0, 0.05) is 26.1 Å². The van der Waals surface area contributed by atoms with Gasteiger partial charge in [0.2, 0.25) is 5.89 Å². The Balaban J connectivity index is 1.61. The molecule has 0 bridgehead atoms. The minimum absolute atomic E-state index is 0.446. The molecule has 0 atom stereocenters. The van der Waals surface area contributed by atoms with E-state index in [1.807, 2.05) is 6.92 Å². The van der Waals surface area contributed by atoms with Crippen LogP contribution in [0, 0.1) is 6.92 Å². The van der Waals surface area contributed by atoms with Crippen LogP contribution in [0.3, 0.4) is 0 Å². The second kappa shape index (κ2) is 11.8. The number of aliphatic imine (C=N–C) groups is 1. The first-order valence-corrected chi connectivity index (χ1v) is 9.71. The van der Waals surface area contributed by atoms with Gasteiger partial charge in [0.15, 0.2) is 11.8 Å². The lowest BCUT2D eigenvalue weighted by Crippen LogP contribution is -2.39. The zero-order valence-corrected chi connectivity index (χ0v) is 15.7. The summed E-state index contributed by atoms with van der Waals surface area (Å²) in [6.07, 6.45) is 9.85. The first-order valence-electron chi connectivity index (χ1n) is 9.71. The van der Waals surface area contributed by atoms with E-state index in [4.69, 9.17) is 9.26 Å². The Morgan fingerprint density at radius 1 is 1.24 bits per heavy atom. The SMILES string of the molecule is CCNC(=NCCCc1nc(C)no1)NCCOC1CCCCCC1. The molecule has 0 spiro atoms. The highest BCUT2D eigenvalue weighted by Crippen LogP contribution is 2.19. The molecule has 0 aromatic carbocycles. The van der Waals surface area contributed by atoms with Crippen molar-refractivity contribution in [1.82, 2.24) is 20.8 Å². The quantitative estimate of drug-likeness (QED) is 0.308. The number of ether oxygens (including phenoxy) is 1. The van der Waals surface area contributed by atoms with E-state index >= 15 is 0 Å². The van der Waals surface area contributed by atoms with Gasteiger partial charge in [-0.1, -0.05) is 30.8 Å². The molecule has 142 valence electrons. The number of hydrogen-bond donors (Lipinski definition) is 2. The Bertz CT molecular complexity index is 495. The number of aromatic nitrogens is 2. The van der Waals surface area contributed by atoms with Crippen molar-refractivity contribution in [2.45, 2.75) is 71.3 Å². The molecule has 0 amide bonds. The molecule has 25 heavy (non-hydrogen) atoms. The van der Waals surface area contributed by atoms with E-state index in [9.17, 15) is 0 Å². The molecule has 1 aromatic rings. The number of nitrogens with zero attached hydrogens (tertiary/aromatic N) is 3. The largest absolute Gasteiger partial charge is 0.376 e. The van der Waals surface area contributed by atoms with Gasteiger partial charge in [-0.15, -0.1) is 0 Å². The molecule has 1 fully saturated rings. The molecule has 7 heteroatoms. The van der Waals surface area contributed by atoms with E-state index in [2.05, 4.69) is 32.7 Å². The fraction of sp³-hybridized carbons (Fsp3) is 0.833. The summed E-state index contributed by atoms with van der Waals surface area (Å²) >= 11 is 0. The summed E-state index contributed by atoms with van der Waals surface area (Å²) < 4.78 is 11.1. The topological polar surface area (TPSA) is 84.6 Å². The van der Waals surface area contributed by atoms with Gasteiger partial charge in [0.1, 0.15) is 0 Å². The third-order valence-electron chi connectivity index (χ3n) is 4.28. The monoisotopic (exact) mass is 351 g/mol. The van der Waals surface area contributed by atoms with E-state index < -0.39 is 0 Å². The van der Waals surface area contributed by atoms with Crippen molar-refractivity contribution in [1.29, 1.82) is 0 Å². The number of hydrogen-bond acceptors (Lipinski definition) is 5. The summed E-state index contributed by atoms with van der Waals surface area (Å²) in [4.78, 5) is 8.79. The Morgan fingerprint density at radius 2 is 2.04 bits per heavy atom. The van der Waals surface area contributed by atoms with Gasteiger partial charge in [-0.25, -0.2) is 0 Å². The van der Waals surface area contributed by atoms with Crippen LogP contribution >= 0.6 is 0 Å². The van der Waals surface area contributed by atoms with Crippen LogP contribution in [-0.2, 0) is 11.2 Å². The minimum atomic E-state index is 0.446. The number of nitrogens with one attached hydrogen (secondary N) is 2. The maximum absolute atomic E-state index is 6.00. The van der Waals surface area contributed by atoms with E-state index in [1.165, 1.54) is 38.5 Å². The molecule has 1 aromatic heterocycles. The Hall–Kier alpha value is -1.63. The van der Waals surface area contributed by atoms with Crippen LogP contribution < -0.4 is 10.6 Å². The van der Waals surface area contributed by atoms with Crippen molar-refractivity contribution in [2.24, 2.45) is 4.99 Å². The summed E-state index contributed by atoms with van der Waals surface area (Å²) in [6.45, 7) is 6.98. The predicted molar refractivity (Wildman–Crippen MR) is 98.8 cm³/mol. The van der Waals surface area contributed by atoms with Gasteiger partial charge in [-0.05, 0) is 33.1 Å². The Labute approximate surface area is 151 Å². The third kappa shape index (κ3) is 8.34. The fourth-order valence-electron chi connectivity index (χ4n) is 3.01. The van der Waals surface area contributed by atoms with Crippen LogP contribution in [0.1, 0.15) is 63.6 Å². The number of guanidine groups is 1. The maximum Gasteiger partial charge on any atom is 0.226 e. The van der Waals surface area contributed by atoms with E-state index in [0.717, 1.165) is 45.0 Å². The molecule has 7 nitrogen and oxygen atoms in total. The second-order valence-corrected chi connectivity index (χ2v) is 6.51. The zero-order valence-electron chi connectivity index (χ0n) is 15.7. The third-order valence-corrected chi connectivity index (χ3v) is 4.28. The lowest BCUT2D eigenvalue weighted by molar-refractivity contribution is 0.0468. The first-order chi connectivity index (χ1) is 12.3. The highest BCUT2D eigenvalue weighted by Gasteiger charge is 2.12. The lowest BCUT2D eigenvalue weighted by Gasteiger charge is -2.16. The van der Waals surface area contributed by atoms with Gasteiger partial charge in [-0.2, -0.15) is 4.98 Å². The molecule has 0 unspecified atom stereocenters. The Kier molecular flexibility index (Phi) is 9.33. The Morgan fingerprint density at radius 3 is 2.72 bits per heavy atom. The van der Waals surface area contributed by atoms with Gasteiger partial charge in [0.05, 0.1) is 12.7 Å². The normalized spacial score (nSPS) is 16.6. The zero-order chi connectivity index (χ0) is 17.7. The van der Waals surface area contributed by atoms with Gasteiger partial charge in [0.25, 0.3) is 0 Å². The van der Waals surface area contributed by atoms with Crippen LogP contribution in [0.25, 0.3) is 0 Å². The van der Waals surface area contributed by atoms with Crippen molar-refractivity contribution >= 4 is 5.96 Å². The van der Waals surface area contributed by atoms with Crippen LogP contribution in [0.4, 0.5) is 0 Å². The summed E-state index contributed by atoms with van der Waals surface area (Å²) in [5, 5.41) is 10.4. The van der Waals surface area contributed by atoms with E-state index in [0.29, 0.717) is 17.8 Å². The molecule has 1 aliphatic carbocycles. The molecule has 0 aliphatic heterocycles. The molecule has 1 aliphatic rings. The summed E-state index contributed by atoms with van der Waals surface area (Å²) in [6, 6.07) is 0. The molecular weight excluding hydrogens is 318 g/mol. The van der Waals surface area contributed by atoms with Gasteiger partial charge < -0.3 is 19.9 Å². The summed E-state index contributed by atoms with van der Waals surface area (Å²) in [5.74, 6) is 2.21. The van der Waals surface area contributed by atoms with Crippen LogP contribution in [0.15, 0.2) is 9.52 Å². The molecule has 0 saturated heterocycles. The fourth-order valence-corrected chi connectivity index (χ4v) is 3.01. The van der Waals surface area contributed by atoms with Gasteiger partial charge >= 0.3 is 0 Å². The lowest BCUT2D eigenvalue weighted by atomic mass is 10.1. The second-order valence-electron chi connectivity index (χ2n) is 6.51. The summed E-state index contributed by atoms with van der Waals surface area (Å²) in [5.41, 5.74) is 0. The highest BCUT2D eigenvalue weighted by atomic mass is 16.5. The number of rotatable bonds is 9. The van der Waals surface area contributed by atoms with Crippen molar-refractivity contribution in [3.05, 3.63) is 11.7 Å². The van der Waals surface area contributed by atoms with Crippen LogP contribution in [-0.4, -0.2) is 48.4 Å². The first kappa shape index (κ1) is 19.7. The number of aryl methyl sites for hydroxylation is 2. The van der Waals surface area contributed by atoms with Crippen molar-refractivity contribution in [3.63, 3.8) is 0 Å². The van der Waals surface area contributed by atoms with Gasteiger partial charge in [-0.3, -0.25) is 4.99 Å². The van der Waals surface area contributed by atoms with E-state index in [1.54, 1.807) is 0 Å². The maximum atomic E-state index is 6.00. The van der Waals surface area contributed by atoms with Crippen LogP contribution in [0.5, 0.6) is 0 Å². The van der Waals surface area contributed by atoms with Crippen molar-refractivity contribution < 1.29 is 9.26 Å². The van der Waals surface area contributed by atoms with E-state index in [-0.39, 0.29) is 0 Å². The molecule has 0 radical (unpaired) electrons. The molecule has 1 saturated carbocycles.